The van der Waals surface area contributed by atoms with E-state index in [1.165, 1.54) is 34.1 Å². The molecule has 90 valence electrons. The normalized spacial score (nSPS) is 15.2. The Labute approximate surface area is 109 Å². The summed E-state index contributed by atoms with van der Waals surface area (Å²) in [5.74, 6) is 1.71. The highest BCUT2D eigenvalue weighted by atomic mass is 32.1. The summed E-state index contributed by atoms with van der Waals surface area (Å²) in [6, 6.07) is 4.36. The second kappa shape index (κ2) is 4.38. The minimum Gasteiger partial charge on any atom is -0.345 e. The van der Waals surface area contributed by atoms with Crippen molar-refractivity contribution < 1.29 is 0 Å². The Hall–Kier alpha value is -0.940. The molecule has 0 spiro atoms. The van der Waals surface area contributed by atoms with Gasteiger partial charge in [0, 0.05) is 34.3 Å². The Morgan fingerprint density at radius 3 is 2.88 bits per heavy atom. The Balaban J connectivity index is 1.69. The maximum Gasteiger partial charge on any atom is 0.205 e. The zero-order chi connectivity index (χ0) is 11.8. The maximum atomic E-state index is 4.61. The van der Waals surface area contributed by atoms with E-state index < -0.39 is 0 Å². The lowest BCUT2D eigenvalue weighted by molar-refractivity contribution is 0.907. The van der Waals surface area contributed by atoms with E-state index >= 15 is 0 Å². The summed E-state index contributed by atoms with van der Waals surface area (Å²) in [4.78, 5) is 9.55. The molecule has 3 nitrogen and oxygen atoms in total. The molecule has 1 saturated carbocycles. The summed E-state index contributed by atoms with van der Waals surface area (Å²) in [5.41, 5.74) is 0. The lowest BCUT2D eigenvalue weighted by atomic mass is 10.4. The SMILES string of the molecule is Cc1ccc(CN(C)c2nc(C3CC3)ns2)s1. The topological polar surface area (TPSA) is 29.0 Å². The van der Waals surface area contributed by atoms with Crippen molar-refractivity contribution in [3.05, 3.63) is 27.7 Å². The summed E-state index contributed by atoms with van der Waals surface area (Å²) in [6.07, 6.45) is 2.54. The Bertz CT molecular complexity index is 513. The van der Waals surface area contributed by atoms with E-state index in [9.17, 15) is 0 Å². The predicted octanol–water partition coefficient (Wildman–Crippen LogP) is 3.42. The minimum absolute atomic E-state index is 0.650. The van der Waals surface area contributed by atoms with Gasteiger partial charge in [0.1, 0.15) is 5.82 Å². The largest absolute Gasteiger partial charge is 0.345 e. The molecule has 17 heavy (non-hydrogen) atoms. The first-order chi connectivity index (χ1) is 8.22. The first-order valence-corrected chi connectivity index (χ1v) is 7.41. The van der Waals surface area contributed by atoms with Gasteiger partial charge in [-0.15, -0.1) is 11.3 Å². The number of rotatable bonds is 4. The van der Waals surface area contributed by atoms with Crippen LogP contribution in [-0.2, 0) is 6.54 Å². The van der Waals surface area contributed by atoms with Crippen molar-refractivity contribution in [1.82, 2.24) is 9.36 Å². The third kappa shape index (κ3) is 2.50. The van der Waals surface area contributed by atoms with E-state index in [1.807, 2.05) is 11.3 Å². The zero-order valence-corrected chi connectivity index (χ0v) is 11.6. The van der Waals surface area contributed by atoms with Crippen LogP contribution >= 0.6 is 22.9 Å². The monoisotopic (exact) mass is 265 g/mol. The van der Waals surface area contributed by atoms with Crippen molar-refractivity contribution in [2.75, 3.05) is 11.9 Å². The third-order valence-corrected chi connectivity index (χ3v) is 4.72. The zero-order valence-electron chi connectivity index (χ0n) is 10.0. The lowest BCUT2D eigenvalue weighted by Gasteiger charge is -2.13. The molecule has 0 bridgehead atoms. The fraction of sp³-hybridized carbons (Fsp3) is 0.500. The second-order valence-electron chi connectivity index (χ2n) is 4.58. The highest BCUT2D eigenvalue weighted by Crippen LogP contribution is 2.39. The van der Waals surface area contributed by atoms with Crippen molar-refractivity contribution in [3.8, 4) is 0 Å². The highest BCUT2D eigenvalue weighted by molar-refractivity contribution is 7.12. The molecule has 5 heteroatoms. The maximum absolute atomic E-state index is 4.61. The molecule has 1 aliphatic rings. The van der Waals surface area contributed by atoms with Crippen LogP contribution in [0.15, 0.2) is 12.1 Å². The van der Waals surface area contributed by atoms with Crippen LogP contribution in [0.25, 0.3) is 0 Å². The summed E-state index contributed by atoms with van der Waals surface area (Å²) in [7, 11) is 2.09. The molecule has 0 radical (unpaired) electrons. The van der Waals surface area contributed by atoms with Crippen LogP contribution in [0.1, 0.15) is 34.3 Å². The van der Waals surface area contributed by atoms with Gasteiger partial charge in [-0.1, -0.05) is 0 Å². The third-order valence-electron chi connectivity index (χ3n) is 2.89. The second-order valence-corrected chi connectivity index (χ2v) is 6.68. The first kappa shape index (κ1) is 11.2. The van der Waals surface area contributed by atoms with Gasteiger partial charge in [0.25, 0.3) is 0 Å². The van der Waals surface area contributed by atoms with Gasteiger partial charge in [0.2, 0.25) is 5.13 Å². The number of hydrogen-bond acceptors (Lipinski definition) is 5. The fourth-order valence-corrected chi connectivity index (χ4v) is 3.41. The Morgan fingerprint density at radius 2 is 2.24 bits per heavy atom. The van der Waals surface area contributed by atoms with Gasteiger partial charge in [0.15, 0.2) is 0 Å². The molecule has 0 atom stereocenters. The Kier molecular flexibility index (Phi) is 2.88. The summed E-state index contributed by atoms with van der Waals surface area (Å²) in [5, 5.41) is 1.04. The van der Waals surface area contributed by atoms with E-state index in [4.69, 9.17) is 0 Å². The summed E-state index contributed by atoms with van der Waals surface area (Å²) in [6.45, 7) is 3.07. The first-order valence-electron chi connectivity index (χ1n) is 5.82. The van der Waals surface area contributed by atoms with Gasteiger partial charge >= 0.3 is 0 Å². The van der Waals surface area contributed by atoms with Gasteiger partial charge < -0.3 is 4.90 Å². The van der Waals surface area contributed by atoms with Crippen LogP contribution in [-0.4, -0.2) is 16.4 Å². The van der Waals surface area contributed by atoms with Gasteiger partial charge in [-0.3, -0.25) is 0 Å². The molecule has 2 aromatic rings. The molecule has 2 aromatic heterocycles. The van der Waals surface area contributed by atoms with Gasteiger partial charge in [-0.2, -0.15) is 4.37 Å². The predicted molar refractivity (Wildman–Crippen MR) is 73.0 cm³/mol. The van der Waals surface area contributed by atoms with Gasteiger partial charge in [0.05, 0.1) is 6.54 Å². The molecule has 1 fully saturated rings. The van der Waals surface area contributed by atoms with E-state index in [0.717, 1.165) is 17.5 Å². The van der Waals surface area contributed by atoms with Crippen LogP contribution in [0, 0.1) is 6.92 Å². The van der Waals surface area contributed by atoms with E-state index in [1.54, 1.807) is 0 Å². The fourth-order valence-electron chi connectivity index (χ4n) is 1.76. The molecule has 3 rings (SSSR count). The number of anilines is 1. The van der Waals surface area contributed by atoms with Crippen LogP contribution in [0.2, 0.25) is 0 Å². The number of hydrogen-bond donors (Lipinski definition) is 0. The summed E-state index contributed by atoms with van der Waals surface area (Å²) < 4.78 is 4.44. The Morgan fingerprint density at radius 1 is 1.41 bits per heavy atom. The molecule has 0 unspecified atom stereocenters. The molecule has 2 heterocycles. The number of aryl methyl sites for hydroxylation is 1. The minimum atomic E-state index is 0.650. The lowest BCUT2D eigenvalue weighted by Crippen LogP contribution is -2.15. The van der Waals surface area contributed by atoms with Crippen molar-refractivity contribution in [2.45, 2.75) is 32.2 Å². The summed E-state index contributed by atoms with van der Waals surface area (Å²) >= 11 is 3.37. The molecule has 0 aromatic carbocycles. The van der Waals surface area contributed by atoms with Gasteiger partial charge in [-0.25, -0.2) is 4.98 Å². The molecule has 0 aliphatic heterocycles. The quantitative estimate of drug-likeness (QED) is 0.848. The smallest absolute Gasteiger partial charge is 0.205 e. The van der Waals surface area contributed by atoms with E-state index in [2.05, 4.69) is 40.4 Å². The van der Waals surface area contributed by atoms with Crippen molar-refractivity contribution in [1.29, 1.82) is 0 Å². The number of nitrogens with zero attached hydrogens (tertiary/aromatic N) is 3. The standard InChI is InChI=1S/C12H15N3S2/c1-8-3-6-10(16-8)7-15(2)12-13-11(14-17-12)9-4-5-9/h3,6,9H,4-5,7H2,1-2H3. The van der Waals surface area contributed by atoms with Crippen molar-refractivity contribution in [3.63, 3.8) is 0 Å². The van der Waals surface area contributed by atoms with Crippen molar-refractivity contribution >= 4 is 28.0 Å². The molecule has 0 saturated heterocycles. The van der Waals surface area contributed by atoms with Crippen molar-refractivity contribution in [2.24, 2.45) is 0 Å². The van der Waals surface area contributed by atoms with Crippen LogP contribution in [0.4, 0.5) is 5.13 Å². The van der Waals surface area contributed by atoms with Crippen LogP contribution < -0.4 is 4.90 Å². The van der Waals surface area contributed by atoms with E-state index in [-0.39, 0.29) is 0 Å². The average molecular weight is 265 g/mol. The highest BCUT2D eigenvalue weighted by Gasteiger charge is 2.28. The number of thiophene rings is 1. The van der Waals surface area contributed by atoms with Crippen LogP contribution in [0.5, 0.6) is 0 Å². The van der Waals surface area contributed by atoms with Gasteiger partial charge in [-0.05, 0) is 31.9 Å². The average Bonchev–Trinajstić information content (AvgIpc) is 2.88. The molecule has 0 N–H and O–H groups in total. The molecule has 0 amide bonds. The molecule has 1 aliphatic carbocycles. The molecular formula is C12H15N3S2. The van der Waals surface area contributed by atoms with E-state index in [0.29, 0.717) is 5.92 Å². The van der Waals surface area contributed by atoms with Crippen LogP contribution in [0.3, 0.4) is 0 Å². The molecular weight excluding hydrogens is 250 g/mol. The number of aromatic nitrogens is 2.